The zero-order chi connectivity index (χ0) is 17.5. The van der Waals surface area contributed by atoms with E-state index in [-0.39, 0.29) is 11.8 Å². The summed E-state index contributed by atoms with van der Waals surface area (Å²) in [5, 5.41) is 5.65. The largest absolute Gasteiger partial charge is 0.348 e. The molecule has 0 unspecified atom stereocenters. The molecule has 2 aromatic carbocycles. The first kappa shape index (κ1) is 16.4. The number of carbonyl (C=O) groups is 2. The molecule has 0 aliphatic heterocycles. The maximum atomic E-state index is 12.5. The first-order valence-corrected chi connectivity index (χ1v) is 7.86. The second-order valence-corrected chi connectivity index (χ2v) is 5.40. The number of benzene rings is 2. The lowest BCUT2D eigenvalue weighted by Crippen LogP contribution is -2.24. The Labute approximate surface area is 145 Å². The van der Waals surface area contributed by atoms with Crippen LogP contribution in [0.5, 0.6) is 0 Å². The lowest BCUT2D eigenvalue weighted by molar-refractivity contribution is 0.0952. The SMILES string of the molecule is O=C(Nc1ccccc1C(=O)NCc1ccccc1)c1ccncc1. The number of hydrogen-bond donors (Lipinski definition) is 2. The van der Waals surface area contributed by atoms with Crippen molar-refractivity contribution in [3.8, 4) is 0 Å². The van der Waals surface area contributed by atoms with Gasteiger partial charge in [-0.05, 0) is 29.8 Å². The Hall–Kier alpha value is -3.47. The number of para-hydroxylation sites is 1. The number of anilines is 1. The summed E-state index contributed by atoms with van der Waals surface area (Å²) in [6, 6.07) is 19.8. The van der Waals surface area contributed by atoms with Crippen molar-refractivity contribution in [3.05, 3.63) is 95.8 Å². The third kappa shape index (κ3) is 4.29. The molecule has 5 heteroatoms. The van der Waals surface area contributed by atoms with E-state index in [4.69, 9.17) is 0 Å². The van der Waals surface area contributed by atoms with Crippen molar-refractivity contribution >= 4 is 17.5 Å². The van der Waals surface area contributed by atoms with Crippen LogP contribution in [0.25, 0.3) is 0 Å². The molecule has 0 aliphatic carbocycles. The van der Waals surface area contributed by atoms with Crippen LogP contribution < -0.4 is 10.6 Å². The minimum absolute atomic E-state index is 0.241. The fourth-order valence-corrected chi connectivity index (χ4v) is 2.36. The highest BCUT2D eigenvalue weighted by Crippen LogP contribution is 2.16. The molecular formula is C20H17N3O2. The number of pyridine rings is 1. The van der Waals surface area contributed by atoms with E-state index in [1.807, 2.05) is 30.3 Å². The first-order valence-electron chi connectivity index (χ1n) is 7.86. The average Bonchev–Trinajstić information content (AvgIpc) is 2.68. The van der Waals surface area contributed by atoms with Gasteiger partial charge in [0.25, 0.3) is 11.8 Å². The minimum atomic E-state index is -0.286. The Morgan fingerprint density at radius 1 is 0.800 bits per heavy atom. The van der Waals surface area contributed by atoms with Crippen molar-refractivity contribution in [2.75, 3.05) is 5.32 Å². The van der Waals surface area contributed by atoms with Crippen LogP contribution in [0.15, 0.2) is 79.1 Å². The number of nitrogens with one attached hydrogen (secondary N) is 2. The first-order chi connectivity index (χ1) is 12.2. The topological polar surface area (TPSA) is 71.1 Å². The molecule has 124 valence electrons. The van der Waals surface area contributed by atoms with Crippen LogP contribution >= 0.6 is 0 Å². The maximum absolute atomic E-state index is 12.5. The van der Waals surface area contributed by atoms with Crippen molar-refractivity contribution in [1.82, 2.24) is 10.3 Å². The highest BCUT2D eigenvalue weighted by atomic mass is 16.2. The zero-order valence-electron chi connectivity index (χ0n) is 13.5. The minimum Gasteiger partial charge on any atom is -0.348 e. The van der Waals surface area contributed by atoms with E-state index < -0.39 is 0 Å². The summed E-state index contributed by atoms with van der Waals surface area (Å²) < 4.78 is 0. The molecule has 0 radical (unpaired) electrons. The summed E-state index contributed by atoms with van der Waals surface area (Å²) in [6.07, 6.45) is 3.10. The van der Waals surface area contributed by atoms with E-state index in [0.29, 0.717) is 23.4 Å². The highest BCUT2D eigenvalue weighted by Gasteiger charge is 2.13. The summed E-state index contributed by atoms with van der Waals surface area (Å²) in [5.74, 6) is -0.528. The van der Waals surface area contributed by atoms with Crippen molar-refractivity contribution in [3.63, 3.8) is 0 Å². The molecule has 2 N–H and O–H groups in total. The fourth-order valence-electron chi connectivity index (χ4n) is 2.36. The standard InChI is InChI=1S/C20H17N3O2/c24-19(16-10-12-21-13-11-16)23-18-9-5-4-8-17(18)20(25)22-14-15-6-2-1-3-7-15/h1-13H,14H2,(H,22,25)(H,23,24). The summed E-state index contributed by atoms with van der Waals surface area (Å²) in [4.78, 5) is 28.7. The van der Waals surface area contributed by atoms with Gasteiger partial charge in [-0.3, -0.25) is 14.6 Å². The van der Waals surface area contributed by atoms with Gasteiger partial charge in [-0.2, -0.15) is 0 Å². The van der Waals surface area contributed by atoms with Crippen LogP contribution in [-0.2, 0) is 6.54 Å². The highest BCUT2D eigenvalue weighted by molar-refractivity contribution is 6.08. The Morgan fingerprint density at radius 3 is 2.24 bits per heavy atom. The second kappa shape index (κ2) is 7.88. The maximum Gasteiger partial charge on any atom is 0.255 e. The van der Waals surface area contributed by atoms with Crippen LogP contribution in [0, 0.1) is 0 Å². The van der Waals surface area contributed by atoms with Gasteiger partial charge in [-0.25, -0.2) is 0 Å². The molecule has 0 fully saturated rings. The van der Waals surface area contributed by atoms with Gasteiger partial charge in [0.15, 0.2) is 0 Å². The van der Waals surface area contributed by atoms with Gasteiger partial charge in [0.1, 0.15) is 0 Å². The Morgan fingerprint density at radius 2 is 1.48 bits per heavy atom. The lowest BCUT2D eigenvalue weighted by atomic mass is 10.1. The molecule has 25 heavy (non-hydrogen) atoms. The van der Waals surface area contributed by atoms with Crippen molar-refractivity contribution in [1.29, 1.82) is 0 Å². The molecule has 0 atom stereocenters. The Balaban J connectivity index is 1.72. The van der Waals surface area contributed by atoms with E-state index >= 15 is 0 Å². The van der Waals surface area contributed by atoms with Crippen LogP contribution in [0.1, 0.15) is 26.3 Å². The summed E-state index contributed by atoms with van der Waals surface area (Å²) in [6.45, 7) is 0.423. The second-order valence-electron chi connectivity index (χ2n) is 5.40. The van der Waals surface area contributed by atoms with E-state index in [9.17, 15) is 9.59 Å². The van der Waals surface area contributed by atoms with Crippen molar-refractivity contribution in [2.24, 2.45) is 0 Å². The summed E-state index contributed by atoms with van der Waals surface area (Å²) in [7, 11) is 0. The number of amides is 2. The van der Waals surface area contributed by atoms with Gasteiger partial charge in [0, 0.05) is 24.5 Å². The molecule has 3 aromatic rings. The van der Waals surface area contributed by atoms with Crippen LogP contribution in [-0.4, -0.2) is 16.8 Å². The van der Waals surface area contributed by atoms with E-state index in [2.05, 4.69) is 15.6 Å². The van der Waals surface area contributed by atoms with Crippen LogP contribution in [0.2, 0.25) is 0 Å². The third-order valence-corrected chi connectivity index (χ3v) is 3.66. The van der Waals surface area contributed by atoms with E-state index in [0.717, 1.165) is 5.56 Å². The molecule has 2 amide bonds. The number of rotatable bonds is 5. The predicted molar refractivity (Wildman–Crippen MR) is 96.2 cm³/mol. The Bertz CT molecular complexity index is 864. The summed E-state index contributed by atoms with van der Waals surface area (Å²) in [5.41, 5.74) is 2.37. The molecule has 0 bridgehead atoms. The lowest BCUT2D eigenvalue weighted by Gasteiger charge is -2.11. The number of hydrogen-bond acceptors (Lipinski definition) is 3. The van der Waals surface area contributed by atoms with Gasteiger partial charge in [-0.1, -0.05) is 42.5 Å². The fraction of sp³-hybridized carbons (Fsp3) is 0.0500. The molecule has 1 aromatic heterocycles. The molecule has 3 rings (SSSR count). The molecule has 0 saturated heterocycles. The zero-order valence-corrected chi connectivity index (χ0v) is 13.5. The van der Waals surface area contributed by atoms with Gasteiger partial charge in [-0.15, -0.1) is 0 Å². The number of aromatic nitrogens is 1. The van der Waals surface area contributed by atoms with E-state index in [1.54, 1.807) is 48.8 Å². The Kier molecular flexibility index (Phi) is 5.16. The molecule has 0 spiro atoms. The van der Waals surface area contributed by atoms with Gasteiger partial charge >= 0.3 is 0 Å². The monoisotopic (exact) mass is 331 g/mol. The molecule has 1 heterocycles. The quantitative estimate of drug-likeness (QED) is 0.754. The van der Waals surface area contributed by atoms with Crippen molar-refractivity contribution < 1.29 is 9.59 Å². The third-order valence-electron chi connectivity index (χ3n) is 3.66. The van der Waals surface area contributed by atoms with Crippen LogP contribution in [0.4, 0.5) is 5.69 Å². The van der Waals surface area contributed by atoms with Crippen molar-refractivity contribution in [2.45, 2.75) is 6.54 Å². The van der Waals surface area contributed by atoms with Gasteiger partial charge in [0.2, 0.25) is 0 Å². The predicted octanol–water partition coefficient (Wildman–Crippen LogP) is 3.26. The van der Waals surface area contributed by atoms with Gasteiger partial charge in [0.05, 0.1) is 11.3 Å². The smallest absolute Gasteiger partial charge is 0.255 e. The summed E-state index contributed by atoms with van der Waals surface area (Å²) >= 11 is 0. The molecule has 0 aliphatic rings. The number of nitrogens with zero attached hydrogens (tertiary/aromatic N) is 1. The van der Waals surface area contributed by atoms with Crippen LogP contribution in [0.3, 0.4) is 0 Å². The van der Waals surface area contributed by atoms with Gasteiger partial charge < -0.3 is 10.6 Å². The molecular weight excluding hydrogens is 314 g/mol. The molecule has 0 saturated carbocycles. The average molecular weight is 331 g/mol. The number of carbonyl (C=O) groups excluding carboxylic acids is 2. The normalized spacial score (nSPS) is 10.1. The van der Waals surface area contributed by atoms with E-state index in [1.165, 1.54) is 0 Å². The molecule has 5 nitrogen and oxygen atoms in total.